The molecule has 0 aromatic heterocycles. The standard InChI is InChI=1S/C16H8Br2ClN3O4S/c17-9-3-7(4-10(18)14(9)23)5-13-15(24)21-16(27-13)20-12-2-1-8(22(25)26)6-11(12)19/h1-6,23H,(H,20,21,24)/b13-5+. The van der Waals surface area contributed by atoms with Gasteiger partial charge in [0.05, 0.1) is 29.5 Å². The van der Waals surface area contributed by atoms with E-state index >= 15 is 0 Å². The molecule has 1 aliphatic heterocycles. The van der Waals surface area contributed by atoms with Crippen LogP contribution >= 0.6 is 55.2 Å². The van der Waals surface area contributed by atoms with Crippen molar-refractivity contribution in [1.82, 2.24) is 5.32 Å². The second-order valence-electron chi connectivity index (χ2n) is 5.21. The van der Waals surface area contributed by atoms with Crippen LogP contribution in [0.25, 0.3) is 6.08 Å². The molecule has 2 aromatic rings. The van der Waals surface area contributed by atoms with Crippen molar-refractivity contribution in [2.45, 2.75) is 0 Å². The zero-order valence-electron chi connectivity index (χ0n) is 13.1. The number of amidine groups is 1. The van der Waals surface area contributed by atoms with Crippen molar-refractivity contribution in [3.05, 3.63) is 64.9 Å². The maximum Gasteiger partial charge on any atom is 0.271 e. The fourth-order valence-electron chi connectivity index (χ4n) is 2.11. The summed E-state index contributed by atoms with van der Waals surface area (Å²) < 4.78 is 0.970. The molecular formula is C16H8Br2ClN3O4S. The Morgan fingerprint density at radius 2 is 1.93 bits per heavy atom. The maximum absolute atomic E-state index is 12.2. The van der Waals surface area contributed by atoms with Crippen LogP contribution in [0.3, 0.4) is 0 Å². The van der Waals surface area contributed by atoms with Crippen LogP contribution in [0.1, 0.15) is 5.56 Å². The normalized spacial score (nSPS) is 16.8. The van der Waals surface area contributed by atoms with Gasteiger partial charge in [0.25, 0.3) is 11.6 Å². The third-order valence-corrected chi connectivity index (χ3v) is 5.77. The minimum atomic E-state index is -0.552. The molecule has 27 heavy (non-hydrogen) atoms. The predicted molar refractivity (Wildman–Crippen MR) is 112 cm³/mol. The minimum absolute atomic E-state index is 0.0655. The van der Waals surface area contributed by atoms with Gasteiger partial charge in [-0.25, -0.2) is 4.99 Å². The highest BCUT2D eigenvalue weighted by Crippen LogP contribution is 2.36. The summed E-state index contributed by atoms with van der Waals surface area (Å²) in [5.74, 6) is -0.271. The van der Waals surface area contributed by atoms with E-state index < -0.39 is 4.92 Å². The molecule has 2 N–H and O–H groups in total. The second kappa shape index (κ2) is 8.01. The molecule has 138 valence electrons. The maximum atomic E-state index is 12.2. The van der Waals surface area contributed by atoms with Gasteiger partial charge in [0, 0.05) is 12.1 Å². The molecule has 0 aliphatic carbocycles. The van der Waals surface area contributed by atoms with Gasteiger partial charge in [-0.2, -0.15) is 0 Å². The van der Waals surface area contributed by atoms with Gasteiger partial charge in [-0.3, -0.25) is 14.9 Å². The Balaban J connectivity index is 1.87. The zero-order chi connectivity index (χ0) is 19.7. The van der Waals surface area contributed by atoms with Crippen LogP contribution < -0.4 is 5.32 Å². The molecule has 0 bridgehead atoms. The molecule has 1 fully saturated rings. The molecule has 0 atom stereocenters. The number of amides is 1. The number of nitrogens with zero attached hydrogens (tertiary/aromatic N) is 2. The number of carbonyl (C=O) groups excluding carboxylic acids is 1. The third kappa shape index (κ3) is 4.52. The Hall–Kier alpha value is -1.88. The smallest absolute Gasteiger partial charge is 0.271 e. The van der Waals surface area contributed by atoms with Gasteiger partial charge in [0.15, 0.2) is 5.17 Å². The van der Waals surface area contributed by atoms with E-state index in [0.717, 1.165) is 11.8 Å². The van der Waals surface area contributed by atoms with Crippen molar-refractivity contribution in [3.63, 3.8) is 0 Å². The van der Waals surface area contributed by atoms with E-state index in [2.05, 4.69) is 42.2 Å². The summed E-state index contributed by atoms with van der Waals surface area (Å²) in [5, 5.41) is 23.5. The van der Waals surface area contributed by atoms with Crippen molar-refractivity contribution in [1.29, 1.82) is 0 Å². The average molecular weight is 534 g/mol. The molecule has 7 nitrogen and oxygen atoms in total. The first kappa shape index (κ1) is 19.9. The highest BCUT2D eigenvalue weighted by molar-refractivity contribution is 9.11. The van der Waals surface area contributed by atoms with E-state index in [9.17, 15) is 20.0 Å². The zero-order valence-corrected chi connectivity index (χ0v) is 17.8. The Labute approximate surface area is 178 Å². The Morgan fingerprint density at radius 3 is 2.52 bits per heavy atom. The SMILES string of the molecule is O=C1NC(=Nc2ccc([N+](=O)[O-])cc2Cl)S/C1=C/c1cc(Br)c(O)c(Br)c1. The molecule has 0 spiro atoms. The van der Waals surface area contributed by atoms with E-state index in [1.54, 1.807) is 18.2 Å². The number of hydrogen-bond acceptors (Lipinski definition) is 6. The lowest BCUT2D eigenvalue weighted by Crippen LogP contribution is -2.19. The van der Waals surface area contributed by atoms with E-state index in [1.165, 1.54) is 18.2 Å². The third-order valence-electron chi connectivity index (χ3n) is 3.35. The van der Waals surface area contributed by atoms with Crippen molar-refractivity contribution in [2.24, 2.45) is 4.99 Å². The summed E-state index contributed by atoms with van der Waals surface area (Å²) in [7, 11) is 0. The molecule has 1 aliphatic rings. The molecule has 11 heteroatoms. The molecule has 1 amide bonds. The molecule has 0 saturated carbocycles. The van der Waals surface area contributed by atoms with Crippen LogP contribution in [0.4, 0.5) is 11.4 Å². The van der Waals surface area contributed by atoms with E-state index in [-0.39, 0.29) is 22.4 Å². The van der Waals surface area contributed by atoms with Crippen LogP contribution in [0.5, 0.6) is 5.75 Å². The summed E-state index contributed by atoms with van der Waals surface area (Å²) in [6.45, 7) is 0. The van der Waals surface area contributed by atoms with Gasteiger partial charge in [-0.05, 0) is 73.5 Å². The van der Waals surface area contributed by atoms with Crippen LogP contribution in [-0.2, 0) is 4.79 Å². The first-order valence-electron chi connectivity index (χ1n) is 7.16. The highest BCUT2D eigenvalue weighted by Gasteiger charge is 2.24. The Kier molecular flexibility index (Phi) is 5.89. The fourth-order valence-corrected chi connectivity index (χ4v) is 4.38. The number of thioether (sulfide) groups is 1. The number of aliphatic imine (C=N–C) groups is 1. The fraction of sp³-hybridized carbons (Fsp3) is 0. The quantitative estimate of drug-likeness (QED) is 0.314. The number of nitrogens with one attached hydrogen (secondary N) is 1. The van der Waals surface area contributed by atoms with Crippen LogP contribution in [0, 0.1) is 10.1 Å². The lowest BCUT2D eigenvalue weighted by atomic mass is 10.2. The summed E-state index contributed by atoms with van der Waals surface area (Å²) in [4.78, 5) is 27.0. The lowest BCUT2D eigenvalue weighted by Gasteiger charge is -2.02. The number of hydrogen-bond donors (Lipinski definition) is 2. The first-order valence-corrected chi connectivity index (χ1v) is 9.94. The van der Waals surface area contributed by atoms with Crippen molar-refractivity contribution in [2.75, 3.05) is 0 Å². The second-order valence-corrected chi connectivity index (χ2v) is 8.35. The van der Waals surface area contributed by atoms with Gasteiger partial charge in [0.1, 0.15) is 5.75 Å². The summed E-state index contributed by atoms with van der Waals surface area (Å²) in [5.41, 5.74) is 0.858. The summed E-state index contributed by atoms with van der Waals surface area (Å²) in [6.07, 6.45) is 1.65. The molecule has 0 unspecified atom stereocenters. The van der Waals surface area contributed by atoms with Crippen molar-refractivity contribution >= 4 is 83.7 Å². The highest BCUT2D eigenvalue weighted by atomic mass is 79.9. The topological polar surface area (TPSA) is 105 Å². The number of phenols is 1. The van der Waals surface area contributed by atoms with Crippen LogP contribution in [0.15, 0.2) is 49.2 Å². The van der Waals surface area contributed by atoms with E-state index in [4.69, 9.17) is 11.6 Å². The van der Waals surface area contributed by atoms with E-state index in [1.807, 2.05) is 0 Å². The number of nitro groups is 1. The number of non-ortho nitro benzene ring substituents is 1. The summed E-state index contributed by atoms with van der Waals surface area (Å²) >= 11 is 13.6. The molecule has 0 radical (unpaired) electrons. The number of aromatic hydroxyl groups is 1. The lowest BCUT2D eigenvalue weighted by molar-refractivity contribution is -0.384. The van der Waals surface area contributed by atoms with E-state index in [0.29, 0.717) is 30.3 Å². The number of benzene rings is 2. The Bertz CT molecular complexity index is 1020. The van der Waals surface area contributed by atoms with Gasteiger partial charge < -0.3 is 10.4 Å². The van der Waals surface area contributed by atoms with Gasteiger partial charge >= 0.3 is 0 Å². The molecule has 2 aromatic carbocycles. The molecule has 3 rings (SSSR count). The number of rotatable bonds is 3. The van der Waals surface area contributed by atoms with Crippen molar-refractivity contribution < 1.29 is 14.8 Å². The van der Waals surface area contributed by atoms with Crippen LogP contribution in [0.2, 0.25) is 5.02 Å². The van der Waals surface area contributed by atoms with Gasteiger partial charge in [-0.15, -0.1) is 0 Å². The summed E-state index contributed by atoms with van der Waals surface area (Å²) in [6, 6.07) is 7.24. The minimum Gasteiger partial charge on any atom is -0.506 e. The number of halogens is 3. The largest absolute Gasteiger partial charge is 0.506 e. The number of nitro benzene ring substituents is 1. The van der Waals surface area contributed by atoms with Gasteiger partial charge in [0.2, 0.25) is 0 Å². The average Bonchev–Trinajstić information content (AvgIpc) is 2.93. The van der Waals surface area contributed by atoms with Crippen LogP contribution in [-0.4, -0.2) is 21.1 Å². The number of carbonyl (C=O) groups is 1. The van der Waals surface area contributed by atoms with Gasteiger partial charge in [-0.1, -0.05) is 11.6 Å². The monoisotopic (exact) mass is 531 g/mol. The number of phenolic OH excluding ortho intramolecular Hbond substituents is 1. The Morgan fingerprint density at radius 1 is 1.26 bits per heavy atom. The van der Waals surface area contributed by atoms with Crippen molar-refractivity contribution in [3.8, 4) is 5.75 Å². The molecular weight excluding hydrogens is 526 g/mol. The first-order chi connectivity index (χ1) is 12.7. The predicted octanol–water partition coefficient (Wildman–Crippen LogP) is 5.37. The molecule has 1 saturated heterocycles. The molecule has 1 heterocycles.